The zero-order valence-corrected chi connectivity index (χ0v) is 19.1. The maximum Gasteiger partial charge on any atom is 0.204 e. The molecule has 3 aromatic rings. The van der Waals surface area contributed by atoms with E-state index in [2.05, 4.69) is 27.0 Å². The topological polar surface area (TPSA) is 73.8 Å². The Morgan fingerprint density at radius 3 is 2.45 bits per heavy atom. The summed E-state index contributed by atoms with van der Waals surface area (Å²) in [5.74, 6) is 3.24. The number of rotatable bonds is 4. The van der Waals surface area contributed by atoms with E-state index in [0.717, 1.165) is 36.0 Å². The van der Waals surface area contributed by atoms with Gasteiger partial charge in [0.25, 0.3) is 0 Å². The van der Waals surface area contributed by atoms with E-state index in [-0.39, 0.29) is 5.78 Å². The van der Waals surface area contributed by atoms with E-state index in [1.807, 2.05) is 31.2 Å². The molecule has 0 saturated carbocycles. The van der Waals surface area contributed by atoms with Crippen molar-refractivity contribution in [1.29, 1.82) is 0 Å². The van der Waals surface area contributed by atoms with Gasteiger partial charge in [0, 0.05) is 37.6 Å². The van der Waals surface area contributed by atoms with Gasteiger partial charge in [-0.1, -0.05) is 30.3 Å². The molecular weight excluding hydrogens is 418 g/mol. The van der Waals surface area contributed by atoms with E-state index in [1.165, 1.54) is 0 Å². The van der Waals surface area contributed by atoms with Gasteiger partial charge in [-0.2, -0.15) is 0 Å². The Balaban J connectivity index is 1.39. The Hall–Kier alpha value is -3.61. The minimum absolute atomic E-state index is 0.0786. The number of hydrogen-bond acceptors (Lipinski definition) is 7. The third-order valence-electron chi connectivity index (χ3n) is 6.49. The number of ketones is 1. The monoisotopic (exact) mass is 445 g/mol. The lowest BCUT2D eigenvalue weighted by molar-refractivity contribution is 0.0207. The fraction of sp³-hybridized carbons (Fsp3) is 0.346. The summed E-state index contributed by atoms with van der Waals surface area (Å²) in [4.78, 5) is 24.6. The lowest BCUT2D eigenvalue weighted by Crippen LogP contribution is -2.51. The molecule has 1 aromatic heterocycles. The molecule has 0 bridgehead atoms. The normalized spacial score (nSPS) is 16.8. The maximum absolute atomic E-state index is 13.0. The molecule has 1 spiro atoms. The number of Topliss-reactive ketones (excluding diaryl/α,β-unsaturated/α-hetero) is 1. The molecule has 0 amide bonds. The van der Waals surface area contributed by atoms with Crippen LogP contribution in [0.25, 0.3) is 11.3 Å². The first kappa shape index (κ1) is 21.2. The lowest BCUT2D eigenvalue weighted by atomic mass is 9.82. The number of piperidine rings is 1. The number of aromatic nitrogens is 2. The van der Waals surface area contributed by atoms with Crippen molar-refractivity contribution in [2.45, 2.75) is 31.8 Å². The number of anilines is 1. The Morgan fingerprint density at radius 2 is 1.76 bits per heavy atom. The lowest BCUT2D eigenvalue weighted by Gasteiger charge is -2.44. The number of nitrogens with zero attached hydrogens (tertiary/aromatic N) is 3. The van der Waals surface area contributed by atoms with Crippen LogP contribution in [0.4, 0.5) is 5.82 Å². The maximum atomic E-state index is 13.0. The van der Waals surface area contributed by atoms with Crippen LogP contribution in [0.3, 0.4) is 0 Å². The number of ether oxygens (including phenoxy) is 3. The van der Waals surface area contributed by atoms with Crippen molar-refractivity contribution >= 4 is 11.6 Å². The van der Waals surface area contributed by atoms with Crippen LogP contribution in [-0.2, 0) is 0 Å². The van der Waals surface area contributed by atoms with Gasteiger partial charge < -0.3 is 19.1 Å². The Labute approximate surface area is 193 Å². The van der Waals surface area contributed by atoms with Crippen LogP contribution in [0.15, 0.2) is 48.5 Å². The number of methoxy groups -OCH3 is 2. The van der Waals surface area contributed by atoms with E-state index in [1.54, 1.807) is 26.4 Å². The van der Waals surface area contributed by atoms with E-state index in [4.69, 9.17) is 14.2 Å². The molecule has 0 N–H and O–H groups in total. The van der Waals surface area contributed by atoms with Gasteiger partial charge in [-0.05, 0) is 19.1 Å². The number of fused-ring (bicyclic) bond motifs is 1. The van der Waals surface area contributed by atoms with Crippen LogP contribution < -0.4 is 19.1 Å². The minimum atomic E-state index is -0.551. The first-order valence-electron chi connectivity index (χ1n) is 11.2. The molecule has 7 heteroatoms. The summed E-state index contributed by atoms with van der Waals surface area (Å²) in [6.07, 6.45) is 1.78. The van der Waals surface area contributed by atoms with Gasteiger partial charge in [0.2, 0.25) is 5.75 Å². The fourth-order valence-electron chi connectivity index (χ4n) is 4.75. The fourth-order valence-corrected chi connectivity index (χ4v) is 4.75. The molecular formula is C26H27N3O4. The van der Waals surface area contributed by atoms with Crippen molar-refractivity contribution in [3.8, 4) is 28.5 Å². The highest BCUT2D eigenvalue weighted by atomic mass is 16.5. The van der Waals surface area contributed by atoms with E-state index >= 15 is 0 Å². The standard InChI is InChI=1S/C26H27N3O4/c1-17-27-20(18-7-5-4-6-8-18)15-23(28-17)29-13-11-26(12-14-29)16-21(30)19-9-10-22(31-2)25(32-3)24(19)33-26/h4-10,15H,11-14,16H2,1-3H3. The molecule has 2 aromatic carbocycles. The third kappa shape index (κ3) is 3.88. The van der Waals surface area contributed by atoms with Crippen LogP contribution in [-0.4, -0.2) is 48.7 Å². The van der Waals surface area contributed by atoms with Crippen LogP contribution in [0, 0.1) is 6.92 Å². The summed E-state index contributed by atoms with van der Waals surface area (Å²) in [5.41, 5.74) is 1.98. The van der Waals surface area contributed by atoms with Crippen molar-refractivity contribution in [3.05, 3.63) is 59.9 Å². The van der Waals surface area contributed by atoms with Crippen molar-refractivity contribution in [1.82, 2.24) is 9.97 Å². The Kier molecular flexibility index (Phi) is 5.40. The molecule has 1 fully saturated rings. The first-order chi connectivity index (χ1) is 16.0. The molecule has 2 aliphatic heterocycles. The number of carbonyl (C=O) groups excluding carboxylic acids is 1. The summed E-state index contributed by atoms with van der Waals surface area (Å²) in [6.45, 7) is 3.39. The Morgan fingerprint density at radius 1 is 1.00 bits per heavy atom. The predicted molar refractivity (Wildman–Crippen MR) is 126 cm³/mol. The highest BCUT2D eigenvalue weighted by Crippen LogP contribution is 2.48. The summed E-state index contributed by atoms with van der Waals surface area (Å²) in [7, 11) is 3.15. The van der Waals surface area contributed by atoms with Gasteiger partial charge in [0.15, 0.2) is 17.3 Å². The molecule has 1 saturated heterocycles. The first-order valence-corrected chi connectivity index (χ1v) is 11.2. The smallest absolute Gasteiger partial charge is 0.204 e. The second-order valence-electron chi connectivity index (χ2n) is 8.57. The predicted octanol–water partition coefficient (Wildman–Crippen LogP) is 4.47. The van der Waals surface area contributed by atoms with Crippen molar-refractivity contribution in [2.24, 2.45) is 0 Å². The molecule has 0 atom stereocenters. The number of benzene rings is 2. The highest BCUT2D eigenvalue weighted by Gasteiger charge is 2.44. The van der Waals surface area contributed by atoms with E-state index in [9.17, 15) is 4.79 Å². The second-order valence-corrected chi connectivity index (χ2v) is 8.57. The largest absolute Gasteiger partial charge is 0.493 e. The number of hydrogen-bond donors (Lipinski definition) is 0. The van der Waals surface area contributed by atoms with Crippen molar-refractivity contribution in [3.63, 3.8) is 0 Å². The molecule has 5 rings (SSSR count). The summed E-state index contributed by atoms with van der Waals surface area (Å²) in [6, 6.07) is 15.7. The minimum Gasteiger partial charge on any atom is -0.493 e. The van der Waals surface area contributed by atoms with Crippen LogP contribution in [0.5, 0.6) is 17.2 Å². The van der Waals surface area contributed by atoms with Gasteiger partial charge >= 0.3 is 0 Å². The molecule has 3 heterocycles. The quantitative estimate of drug-likeness (QED) is 0.586. The Bertz CT molecular complexity index is 1190. The summed E-state index contributed by atoms with van der Waals surface area (Å²) < 4.78 is 17.5. The SMILES string of the molecule is COc1ccc2c(c1OC)OC1(CCN(c3cc(-c4ccccc4)nc(C)n3)CC1)CC2=O. The van der Waals surface area contributed by atoms with Gasteiger partial charge in [-0.25, -0.2) is 9.97 Å². The van der Waals surface area contributed by atoms with Gasteiger partial charge in [-0.15, -0.1) is 0 Å². The van der Waals surface area contributed by atoms with Gasteiger partial charge in [-0.3, -0.25) is 4.79 Å². The third-order valence-corrected chi connectivity index (χ3v) is 6.49. The highest BCUT2D eigenvalue weighted by molar-refractivity contribution is 6.01. The summed E-state index contributed by atoms with van der Waals surface area (Å²) >= 11 is 0. The molecule has 0 aliphatic carbocycles. The van der Waals surface area contributed by atoms with Crippen molar-refractivity contribution < 1.29 is 19.0 Å². The molecule has 33 heavy (non-hydrogen) atoms. The molecule has 170 valence electrons. The van der Waals surface area contributed by atoms with Crippen molar-refractivity contribution in [2.75, 3.05) is 32.2 Å². The number of carbonyl (C=O) groups is 1. The average molecular weight is 446 g/mol. The van der Waals surface area contributed by atoms with E-state index in [0.29, 0.717) is 42.1 Å². The summed E-state index contributed by atoms with van der Waals surface area (Å²) in [5, 5.41) is 0. The second kappa shape index (κ2) is 8.39. The zero-order valence-electron chi connectivity index (χ0n) is 19.1. The molecule has 0 unspecified atom stereocenters. The van der Waals surface area contributed by atoms with Crippen LogP contribution in [0.1, 0.15) is 35.4 Å². The van der Waals surface area contributed by atoms with E-state index < -0.39 is 5.60 Å². The van der Waals surface area contributed by atoms with Gasteiger partial charge in [0.05, 0.1) is 31.9 Å². The van der Waals surface area contributed by atoms with Crippen LogP contribution >= 0.6 is 0 Å². The molecule has 0 radical (unpaired) electrons. The number of aryl methyl sites for hydroxylation is 1. The van der Waals surface area contributed by atoms with Gasteiger partial charge in [0.1, 0.15) is 17.2 Å². The molecule has 7 nitrogen and oxygen atoms in total. The molecule has 2 aliphatic rings. The zero-order chi connectivity index (χ0) is 23.0. The van der Waals surface area contributed by atoms with Crippen LogP contribution in [0.2, 0.25) is 0 Å². The average Bonchev–Trinajstić information content (AvgIpc) is 2.84.